The minimum atomic E-state index is 1.19. The van der Waals surface area contributed by atoms with Crippen LogP contribution in [0.25, 0.3) is 33.5 Å². The number of hydrogen-bond acceptors (Lipinski definition) is 0. The lowest BCUT2D eigenvalue weighted by molar-refractivity contribution is 1.36. The van der Waals surface area contributed by atoms with E-state index in [0.29, 0.717) is 0 Å². The Morgan fingerprint density at radius 2 is 1.68 bits per heavy atom. The molecule has 106 valence electrons. The molecule has 0 heterocycles. The van der Waals surface area contributed by atoms with Gasteiger partial charge in [0.1, 0.15) is 0 Å². The average molecular weight is 282 g/mol. The second kappa shape index (κ2) is 4.71. The molecule has 22 heavy (non-hydrogen) atoms. The summed E-state index contributed by atoms with van der Waals surface area (Å²) in [6.07, 6.45) is 4.22. The van der Waals surface area contributed by atoms with E-state index < -0.39 is 0 Å². The molecule has 0 spiro atoms. The van der Waals surface area contributed by atoms with Crippen LogP contribution in [0.3, 0.4) is 0 Å². The predicted molar refractivity (Wildman–Crippen MR) is 96.9 cm³/mol. The third-order valence-corrected chi connectivity index (χ3v) is 4.76. The summed E-state index contributed by atoms with van der Waals surface area (Å²) < 4.78 is 0. The topological polar surface area (TPSA) is 0 Å². The molecule has 3 aromatic rings. The van der Waals surface area contributed by atoms with Gasteiger partial charge in [-0.25, -0.2) is 0 Å². The van der Waals surface area contributed by atoms with Crippen LogP contribution in [0.4, 0.5) is 0 Å². The Hall–Kier alpha value is -2.60. The van der Waals surface area contributed by atoms with Crippen molar-refractivity contribution in [3.8, 4) is 11.1 Å². The Balaban J connectivity index is 2.32. The van der Waals surface area contributed by atoms with Crippen LogP contribution >= 0.6 is 0 Å². The van der Waals surface area contributed by atoms with Gasteiger partial charge in [0.15, 0.2) is 0 Å². The second-order valence-corrected chi connectivity index (χ2v) is 5.99. The minimum Gasteiger partial charge on any atom is -0.0984 e. The Bertz CT molecular complexity index is 955. The summed E-state index contributed by atoms with van der Waals surface area (Å²) in [7, 11) is 0. The van der Waals surface area contributed by atoms with E-state index in [1.807, 2.05) is 6.08 Å². The van der Waals surface area contributed by atoms with Crippen molar-refractivity contribution in [3.05, 3.63) is 83.4 Å². The zero-order valence-electron chi connectivity index (χ0n) is 13.0. The van der Waals surface area contributed by atoms with E-state index in [-0.39, 0.29) is 0 Å². The number of benzene rings is 3. The van der Waals surface area contributed by atoms with E-state index in [9.17, 15) is 0 Å². The highest BCUT2D eigenvalue weighted by Gasteiger charge is 2.19. The molecular weight excluding hydrogens is 264 g/mol. The highest BCUT2D eigenvalue weighted by Crippen LogP contribution is 2.43. The van der Waals surface area contributed by atoms with E-state index in [2.05, 4.69) is 75.0 Å². The minimum absolute atomic E-state index is 1.19. The number of rotatable bonds is 1. The predicted octanol–water partition coefficient (Wildman–Crippen LogP) is 6.16. The first-order chi connectivity index (χ1) is 10.7. The molecule has 0 saturated heterocycles. The molecule has 0 heteroatoms. The highest BCUT2D eigenvalue weighted by atomic mass is 14.2. The highest BCUT2D eigenvalue weighted by molar-refractivity contribution is 6.12. The molecule has 0 radical (unpaired) electrons. The fraction of sp³-hybridized carbons (Fsp3) is 0.0909. The van der Waals surface area contributed by atoms with E-state index in [4.69, 9.17) is 0 Å². The van der Waals surface area contributed by atoms with Crippen LogP contribution in [0, 0.1) is 13.8 Å². The van der Waals surface area contributed by atoms with Crippen LogP contribution in [-0.2, 0) is 0 Å². The summed E-state index contributed by atoms with van der Waals surface area (Å²) in [6.45, 7) is 8.46. The van der Waals surface area contributed by atoms with Crippen molar-refractivity contribution in [2.75, 3.05) is 0 Å². The van der Waals surface area contributed by atoms with Crippen LogP contribution in [0.5, 0.6) is 0 Å². The summed E-state index contributed by atoms with van der Waals surface area (Å²) in [5.74, 6) is 0. The lowest BCUT2D eigenvalue weighted by Crippen LogP contribution is -1.93. The van der Waals surface area contributed by atoms with Gasteiger partial charge in [-0.05, 0) is 69.6 Å². The smallest absolute Gasteiger partial charge is 0.00237 e. The van der Waals surface area contributed by atoms with Crippen LogP contribution in [0.1, 0.15) is 22.3 Å². The third-order valence-electron chi connectivity index (χ3n) is 4.76. The molecular formula is C22H18. The lowest BCUT2D eigenvalue weighted by atomic mass is 9.88. The Morgan fingerprint density at radius 1 is 0.909 bits per heavy atom. The number of allylic oxidation sites excluding steroid dienone is 2. The maximum Gasteiger partial charge on any atom is -0.00237 e. The van der Waals surface area contributed by atoms with Crippen molar-refractivity contribution < 1.29 is 0 Å². The van der Waals surface area contributed by atoms with Crippen molar-refractivity contribution in [1.82, 2.24) is 0 Å². The van der Waals surface area contributed by atoms with Crippen LogP contribution < -0.4 is 0 Å². The van der Waals surface area contributed by atoms with Crippen molar-refractivity contribution in [3.63, 3.8) is 0 Å². The van der Waals surface area contributed by atoms with Gasteiger partial charge in [0.25, 0.3) is 0 Å². The van der Waals surface area contributed by atoms with E-state index in [0.717, 1.165) is 0 Å². The first-order valence-electron chi connectivity index (χ1n) is 7.67. The second-order valence-electron chi connectivity index (χ2n) is 5.99. The summed E-state index contributed by atoms with van der Waals surface area (Å²) in [5, 5.41) is 2.65. The number of aryl methyl sites for hydroxylation is 1. The first kappa shape index (κ1) is 13.1. The lowest BCUT2D eigenvalue weighted by Gasteiger charge is -2.16. The van der Waals surface area contributed by atoms with E-state index in [1.54, 1.807) is 0 Å². The molecule has 0 atom stereocenters. The molecule has 1 aliphatic carbocycles. The number of fused-ring (bicyclic) bond motifs is 2. The van der Waals surface area contributed by atoms with Gasteiger partial charge in [-0.3, -0.25) is 0 Å². The zero-order chi connectivity index (χ0) is 15.3. The van der Waals surface area contributed by atoms with Crippen LogP contribution in [0.15, 0.2) is 61.2 Å². The quantitative estimate of drug-likeness (QED) is 0.501. The molecule has 0 aliphatic heterocycles. The summed E-state index contributed by atoms with van der Waals surface area (Å²) >= 11 is 0. The van der Waals surface area contributed by atoms with Gasteiger partial charge in [0.05, 0.1) is 0 Å². The molecule has 0 bridgehead atoms. The molecule has 0 nitrogen and oxygen atoms in total. The fourth-order valence-corrected chi connectivity index (χ4v) is 3.54. The third kappa shape index (κ3) is 1.70. The van der Waals surface area contributed by atoms with Gasteiger partial charge in [-0.15, -0.1) is 0 Å². The van der Waals surface area contributed by atoms with Crippen molar-refractivity contribution in [2.24, 2.45) is 0 Å². The fourth-order valence-electron chi connectivity index (χ4n) is 3.54. The van der Waals surface area contributed by atoms with E-state index in [1.165, 1.54) is 49.7 Å². The van der Waals surface area contributed by atoms with Gasteiger partial charge < -0.3 is 0 Å². The standard InChI is InChI=1S/C22H18/c1-4-16-13-17-8-5-6-10-20(17)21-15(3)14(2)12-18-9-7-11-19(16)22(18)21/h4-13H,1H2,2-3H3. The first-order valence-corrected chi connectivity index (χ1v) is 7.67. The molecule has 4 rings (SSSR count). The van der Waals surface area contributed by atoms with Crippen LogP contribution in [-0.4, -0.2) is 0 Å². The molecule has 0 N–H and O–H groups in total. The molecule has 0 fully saturated rings. The van der Waals surface area contributed by atoms with Gasteiger partial charge in [0, 0.05) is 0 Å². The monoisotopic (exact) mass is 282 g/mol. The summed E-state index contributed by atoms with van der Waals surface area (Å²) in [4.78, 5) is 0. The van der Waals surface area contributed by atoms with Crippen LogP contribution in [0.2, 0.25) is 0 Å². The maximum atomic E-state index is 4.03. The molecule has 0 amide bonds. The number of hydrogen-bond donors (Lipinski definition) is 0. The van der Waals surface area contributed by atoms with E-state index >= 15 is 0 Å². The Morgan fingerprint density at radius 3 is 2.50 bits per heavy atom. The van der Waals surface area contributed by atoms with Crippen molar-refractivity contribution in [2.45, 2.75) is 13.8 Å². The van der Waals surface area contributed by atoms with Crippen molar-refractivity contribution >= 4 is 22.4 Å². The molecule has 3 aromatic carbocycles. The summed E-state index contributed by atoms with van der Waals surface area (Å²) in [6, 6.07) is 17.5. The SMILES string of the molecule is C=CC1=Cc2ccccc2-c2c(C)c(C)cc3cccc1c23. The largest absolute Gasteiger partial charge is 0.0984 e. The maximum absolute atomic E-state index is 4.03. The van der Waals surface area contributed by atoms with Gasteiger partial charge in [0.2, 0.25) is 0 Å². The molecule has 1 aliphatic rings. The Labute approximate surface area is 131 Å². The van der Waals surface area contributed by atoms with Gasteiger partial charge in [-0.1, -0.05) is 61.2 Å². The van der Waals surface area contributed by atoms with Gasteiger partial charge in [-0.2, -0.15) is 0 Å². The average Bonchev–Trinajstić information content (AvgIpc) is 2.68. The summed E-state index contributed by atoms with van der Waals surface area (Å²) in [5.41, 5.74) is 9.14. The van der Waals surface area contributed by atoms with Crippen molar-refractivity contribution in [1.29, 1.82) is 0 Å². The molecule has 0 saturated carbocycles. The molecule has 0 unspecified atom stereocenters. The van der Waals surface area contributed by atoms with Gasteiger partial charge >= 0.3 is 0 Å². The molecule has 0 aromatic heterocycles. The normalized spacial score (nSPS) is 12.5. The Kier molecular flexibility index (Phi) is 2.80. The zero-order valence-corrected chi connectivity index (χ0v) is 13.0.